The van der Waals surface area contributed by atoms with Crippen molar-refractivity contribution in [3.63, 3.8) is 0 Å². The maximum absolute atomic E-state index is 13.6. The van der Waals surface area contributed by atoms with Crippen LogP contribution in [-0.4, -0.2) is 58.3 Å². The fourth-order valence-corrected chi connectivity index (χ4v) is 4.10. The summed E-state index contributed by atoms with van der Waals surface area (Å²) in [6.07, 6.45) is 1.45. The van der Waals surface area contributed by atoms with Crippen LogP contribution in [0, 0.1) is 24.5 Å². The van der Waals surface area contributed by atoms with Crippen LogP contribution in [0.15, 0.2) is 18.2 Å². The molecule has 2 aliphatic rings. The molecule has 1 aromatic heterocycles. The van der Waals surface area contributed by atoms with E-state index < -0.39 is 11.6 Å². The van der Waals surface area contributed by atoms with Crippen LogP contribution < -0.4 is 5.32 Å². The second-order valence-corrected chi connectivity index (χ2v) is 7.83. The van der Waals surface area contributed by atoms with Gasteiger partial charge in [0.15, 0.2) is 17.5 Å². The van der Waals surface area contributed by atoms with Gasteiger partial charge in [-0.25, -0.2) is 13.8 Å². The zero-order valence-electron chi connectivity index (χ0n) is 16.3. The normalized spacial score (nSPS) is 23.4. The van der Waals surface area contributed by atoms with Crippen LogP contribution in [0.25, 0.3) is 0 Å². The van der Waals surface area contributed by atoms with Crippen LogP contribution in [0.2, 0.25) is 0 Å². The van der Waals surface area contributed by atoms with Gasteiger partial charge < -0.3 is 10.1 Å². The Labute approximate surface area is 167 Å². The molecule has 1 amide bonds. The third-order valence-corrected chi connectivity index (χ3v) is 5.65. The number of aromatic nitrogens is 3. The molecule has 2 fully saturated rings. The molecule has 29 heavy (non-hydrogen) atoms. The minimum atomic E-state index is -0.856. The van der Waals surface area contributed by atoms with Crippen LogP contribution in [0.4, 0.5) is 8.78 Å². The largest absolute Gasteiger partial charge is 0.381 e. The summed E-state index contributed by atoms with van der Waals surface area (Å²) in [6, 6.07) is 3.79. The van der Waals surface area contributed by atoms with E-state index in [1.807, 2.05) is 6.92 Å². The SMILES string of the molecule is Cc1nc([C@@H]2CN(Cc3ccc(F)c(F)c3)C[C@H]2NC(=O)C2CCOCC2)n[nH]1. The molecule has 0 bridgehead atoms. The molecular weight excluding hydrogens is 380 g/mol. The predicted octanol–water partition coefficient (Wildman–Crippen LogP) is 1.90. The van der Waals surface area contributed by atoms with Crippen molar-refractivity contribution in [2.24, 2.45) is 5.92 Å². The molecule has 2 aromatic rings. The smallest absolute Gasteiger partial charge is 0.223 e. The minimum Gasteiger partial charge on any atom is -0.381 e. The van der Waals surface area contributed by atoms with Crippen molar-refractivity contribution in [1.82, 2.24) is 25.4 Å². The number of benzene rings is 1. The van der Waals surface area contributed by atoms with Crippen molar-refractivity contribution in [2.75, 3.05) is 26.3 Å². The Morgan fingerprint density at radius 3 is 2.76 bits per heavy atom. The summed E-state index contributed by atoms with van der Waals surface area (Å²) in [7, 11) is 0. The Morgan fingerprint density at radius 1 is 1.28 bits per heavy atom. The van der Waals surface area contributed by atoms with Gasteiger partial charge in [-0.1, -0.05) is 6.07 Å². The van der Waals surface area contributed by atoms with Gasteiger partial charge in [-0.2, -0.15) is 5.10 Å². The molecule has 2 atom stereocenters. The Hall–Kier alpha value is -2.39. The molecule has 1 aromatic carbocycles. The molecule has 0 aliphatic carbocycles. The van der Waals surface area contributed by atoms with E-state index in [9.17, 15) is 13.6 Å². The van der Waals surface area contributed by atoms with E-state index in [0.717, 1.165) is 18.9 Å². The van der Waals surface area contributed by atoms with E-state index in [-0.39, 0.29) is 23.8 Å². The molecule has 156 valence electrons. The van der Waals surface area contributed by atoms with Gasteiger partial charge in [0, 0.05) is 38.8 Å². The fraction of sp³-hybridized carbons (Fsp3) is 0.550. The highest BCUT2D eigenvalue weighted by Crippen LogP contribution is 2.28. The van der Waals surface area contributed by atoms with Gasteiger partial charge in [0.2, 0.25) is 5.91 Å². The number of carbonyl (C=O) groups excluding carboxylic acids is 1. The maximum Gasteiger partial charge on any atom is 0.223 e. The van der Waals surface area contributed by atoms with Crippen LogP contribution >= 0.6 is 0 Å². The second kappa shape index (κ2) is 8.54. The van der Waals surface area contributed by atoms with Crippen LogP contribution in [0.1, 0.15) is 36.0 Å². The first-order valence-corrected chi connectivity index (χ1v) is 9.93. The van der Waals surface area contributed by atoms with Crippen molar-refractivity contribution in [2.45, 2.75) is 38.3 Å². The number of halogens is 2. The lowest BCUT2D eigenvalue weighted by atomic mass is 9.97. The van der Waals surface area contributed by atoms with Crippen molar-refractivity contribution >= 4 is 5.91 Å². The predicted molar refractivity (Wildman–Crippen MR) is 101 cm³/mol. The molecule has 0 saturated carbocycles. The van der Waals surface area contributed by atoms with Crippen molar-refractivity contribution in [1.29, 1.82) is 0 Å². The highest BCUT2D eigenvalue weighted by Gasteiger charge is 2.38. The Bertz CT molecular complexity index is 868. The number of rotatable bonds is 5. The van der Waals surface area contributed by atoms with Gasteiger partial charge in [0.1, 0.15) is 5.82 Å². The molecule has 2 aliphatic heterocycles. The van der Waals surface area contributed by atoms with E-state index >= 15 is 0 Å². The summed E-state index contributed by atoms with van der Waals surface area (Å²) in [5.41, 5.74) is 0.685. The standard InChI is InChI=1S/C20H25F2N5O2/c1-12-23-19(26-25-12)15-10-27(9-13-2-3-16(21)17(22)8-13)11-18(15)24-20(28)14-4-6-29-7-5-14/h2-3,8,14-15,18H,4-7,9-11H2,1H3,(H,24,28)(H,23,25,26)/t15-,18-/m1/s1. The van der Waals surface area contributed by atoms with Gasteiger partial charge in [0.05, 0.1) is 12.0 Å². The summed E-state index contributed by atoms with van der Waals surface area (Å²) >= 11 is 0. The number of hydrogen-bond donors (Lipinski definition) is 2. The number of amides is 1. The molecule has 3 heterocycles. The topological polar surface area (TPSA) is 83.1 Å². The van der Waals surface area contributed by atoms with E-state index in [4.69, 9.17) is 4.74 Å². The third kappa shape index (κ3) is 4.62. The maximum atomic E-state index is 13.6. The number of carbonyl (C=O) groups is 1. The number of ether oxygens (including phenoxy) is 1. The zero-order valence-corrected chi connectivity index (χ0v) is 16.3. The number of aromatic amines is 1. The number of nitrogens with one attached hydrogen (secondary N) is 2. The Morgan fingerprint density at radius 2 is 2.07 bits per heavy atom. The fourth-order valence-electron chi connectivity index (χ4n) is 4.10. The number of aryl methyl sites for hydroxylation is 1. The van der Waals surface area contributed by atoms with E-state index in [0.29, 0.717) is 50.1 Å². The van der Waals surface area contributed by atoms with E-state index in [2.05, 4.69) is 25.4 Å². The monoisotopic (exact) mass is 405 g/mol. The first-order valence-electron chi connectivity index (χ1n) is 9.93. The van der Waals surface area contributed by atoms with Crippen LogP contribution in [0.3, 0.4) is 0 Å². The first-order chi connectivity index (χ1) is 14.0. The summed E-state index contributed by atoms with van der Waals surface area (Å²) in [4.78, 5) is 19.3. The summed E-state index contributed by atoms with van der Waals surface area (Å²) in [5.74, 6) is -0.419. The average molecular weight is 405 g/mol. The van der Waals surface area contributed by atoms with Crippen molar-refractivity contribution in [3.05, 3.63) is 47.0 Å². The van der Waals surface area contributed by atoms with Crippen LogP contribution in [0.5, 0.6) is 0 Å². The van der Waals surface area contributed by atoms with Gasteiger partial charge in [-0.15, -0.1) is 0 Å². The molecule has 0 spiro atoms. The number of H-pyrrole nitrogens is 1. The average Bonchev–Trinajstić information content (AvgIpc) is 3.31. The molecule has 2 N–H and O–H groups in total. The molecule has 9 heteroatoms. The number of nitrogens with zero attached hydrogens (tertiary/aromatic N) is 3. The van der Waals surface area contributed by atoms with Gasteiger partial charge in [-0.05, 0) is 37.5 Å². The van der Waals surface area contributed by atoms with Crippen molar-refractivity contribution in [3.8, 4) is 0 Å². The quantitative estimate of drug-likeness (QED) is 0.794. The lowest BCUT2D eigenvalue weighted by Gasteiger charge is -2.25. The van der Waals surface area contributed by atoms with Gasteiger partial charge >= 0.3 is 0 Å². The van der Waals surface area contributed by atoms with E-state index in [1.165, 1.54) is 6.07 Å². The third-order valence-electron chi connectivity index (χ3n) is 5.65. The zero-order chi connectivity index (χ0) is 20.4. The molecule has 0 unspecified atom stereocenters. The van der Waals surface area contributed by atoms with E-state index in [1.54, 1.807) is 6.07 Å². The highest BCUT2D eigenvalue weighted by atomic mass is 19.2. The molecular formula is C20H25F2N5O2. The minimum absolute atomic E-state index is 0.0326. The lowest BCUT2D eigenvalue weighted by Crippen LogP contribution is -2.44. The van der Waals surface area contributed by atoms with Crippen LogP contribution in [-0.2, 0) is 16.1 Å². The van der Waals surface area contributed by atoms with Gasteiger partial charge in [-0.3, -0.25) is 14.8 Å². The summed E-state index contributed by atoms with van der Waals surface area (Å²) < 4.78 is 32.1. The molecule has 2 saturated heterocycles. The van der Waals surface area contributed by atoms with Gasteiger partial charge in [0.25, 0.3) is 0 Å². The number of likely N-dealkylation sites (tertiary alicyclic amines) is 1. The molecule has 4 rings (SSSR count). The Balaban J connectivity index is 1.48. The molecule has 7 nitrogen and oxygen atoms in total. The summed E-state index contributed by atoms with van der Waals surface area (Å²) in [5, 5.41) is 10.3. The highest BCUT2D eigenvalue weighted by molar-refractivity contribution is 5.79. The second-order valence-electron chi connectivity index (χ2n) is 7.83. The summed E-state index contributed by atoms with van der Waals surface area (Å²) in [6.45, 7) is 4.71. The first kappa shape index (κ1) is 19.9. The van der Waals surface area contributed by atoms with Crippen molar-refractivity contribution < 1.29 is 18.3 Å². The Kier molecular flexibility index (Phi) is 5.86. The number of hydrogen-bond acceptors (Lipinski definition) is 5. The molecule has 0 radical (unpaired) electrons. The lowest BCUT2D eigenvalue weighted by molar-refractivity contribution is -0.128.